The van der Waals surface area contributed by atoms with Gasteiger partial charge in [-0.1, -0.05) is 17.7 Å². The molecule has 0 radical (unpaired) electrons. The van der Waals surface area contributed by atoms with Crippen molar-refractivity contribution in [2.45, 2.75) is 23.9 Å². The van der Waals surface area contributed by atoms with E-state index in [1.165, 1.54) is 22.5 Å². The van der Waals surface area contributed by atoms with Crippen LogP contribution in [0, 0.1) is 11.2 Å². The number of aromatic nitrogens is 3. The molecule has 2 aromatic carbocycles. The van der Waals surface area contributed by atoms with Gasteiger partial charge in [0, 0.05) is 30.8 Å². The molecule has 0 amide bonds. The van der Waals surface area contributed by atoms with Gasteiger partial charge in [-0.3, -0.25) is 0 Å². The Kier molecular flexibility index (Phi) is 6.69. The molecule has 2 aliphatic rings. The van der Waals surface area contributed by atoms with Gasteiger partial charge in [-0.2, -0.15) is 22.6 Å². The van der Waals surface area contributed by atoms with Crippen LogP contribution >= 0.6 is 0 Å². The summed E-state index contributed by atoms with van der Waals surface area (Å²) in [7, 11) is -4.26. The molecule has 1 aliphatic carbocycles. The summed E-state index contributed by atoms with van der Waals surface area (Å²) < 4.78 is 89.9. The zero-order chi connectivity index (χ0) is 28.8. The molecule has 1 aliphatic heterocycles. The molecule has 0 bridgehead atoms. The Hall–Kier alpha value is -4.03. The lowest BCUT2D eigenvalue weighted by atomic mass is 9.69. The molecule has 12 heteroatoms. The normalized spacial score (nSPS) is 19.3. The van der Waals surface area contributed by atoms with E-state index in [0.717, 1.165) is 29.0 Å². The highest BCUT2D eigenvalue weighted by molar-refractivity contribution is 7.89. The van der Waals surface area contributed by atoms with Crippen molar-refractivity contribution in [2.75, 3.05) is 19.7 Å². The van der Waals surface area contributed by atoms with E-state index in [1.807, 2.05) is 6.08 Å². The van der Waals surface area contributed by atoms with Gasteiger partial charge in [-0.05, 0) is 73.0 Å². The molecule has 0 N–H and O–H groups in total. The van der Waals surface area contributed by atoms with Gasteiger partial charge in [0.1, 0.15) is 12.4 Å². The molecule has 6 rings (SSSR count). The van der Waals surface area contributed by atoms with Crippen LogP contribution in [0.2, 0.25) is 0 Å². The van der Waals surface area contributed by atoms with Crippen molar-refractivity contribution < 1.29 is 30.7 Å². The van der Waals surface area contributed by atoms with Gasteiger partial charge >= 0.3 is 6.18 Å². The quantitative estimate of drug-likeness (QED) is 0.279. The number of benzene rings is 2. The molecule has 1 fully saturated rings. The fourth-order valence-corrected chi connectivity index (χ4v) is 7.02. The second-order valence-corrected chi connectivity index (χ2v) is 12.1. The van der Waals surface area contributed by atoms with Gasteiger partial charge in [0.2, 0.25) is 15.9 Å². The van der Waals surface area contributed by atoms with Crippen molar-refractivity contribution in [1.82, 2.24) is 19.1 Å². The minimum Gasteiger partial charge on any atom is -0.477 e. The van der Waals surface area contributed by atoms with E-state index in [2.05, 4.69) is 10.1 Å². The molecule has 4 aromatic rings. The van der Waals surface area contributed by atoms with Crippen LogP contribution in [0.5, 0.6) is 5.88 Å². The Balaban J connectivity index is 1.37. The zero-order valence-corrected chi connectivity index (χ0v) is 22.4. The predicted molar refractivity (Wildman–Crippen MR) is 142 cm³/mol. The third kappa shape index (κ3) is 5.13. The van der Waals surface area contributed by atoms with E-state index in [4.69, 9.17) is 4.74 Å². The lowest BCUT2D eigenvalue weighted by Gasteiger charge is -2.45. The first-order valence-electron chi connectivity index (χ1n) is 12.8. The lowest BCUT2D eigenvalue weighted by molar-refractivity contribution is -0.137. The van der Waals surface area contributed by atoms with Gasteiger partial charge < -0.3 is 4.74 Å². The summed E-state index contributed by atoms with van der Waals surface area (Å²) in [4.78, 5) is 3.80. The summed E-state index contributed by atoms with van der Waals surface area (Å²) in [6.45, 7) is 0.160. The maximum absolute atomic E-state index is 13.7. The van der Waals surface area contributed by atoms with Crippen LogP contribution in [0.3, 0.4) is 0 Å². The molecular weight excluding hydrogens is 560 g/mol. The highest BCUT2D eigenvalue weighted by atomic mass is 32.2. The highest BCUT2D eigenvalue weighted by Crippen LogP contribution is 2.46. The average Bonchev–Trinajstić information content (AvgIpc) is 3.37. The molecule has 0 spiro atoms. The van der Waals surface area contributed by atoms with Crippen LogP contribution in [0.1, 0.15) is 23.2 Å². The largest absolute Gasteiger partial charge is 0.477 e. The van der Waals surface area contributed by atoms with Crippen LogP contribution in [0.4, 0.5) is 17.6 Å². The number of hydrogen-bond acceptors (Lipinski definition) is 5. The van der Waals surface area contributed by atoms with Crippen molar-refractivity contribution in [3.8, 4) is 11.6 Å². The second-order valence-electron chi connectivity index (χ2n) is 10.1. The first kappa shape index (κ1) is 27.2. The van der Waals surface area contributed by atoms with E-state index >= 15 is 0 Å². The molecule has 3 heterocycles. The molecule has 1 saturated heterocycles. The number of hydrogen-bond donors (Lipinski definition) is 0. The van der Waals surface area contributed by atoms with Gasteiger partial charge in [0.25, 0.3) is 0 Å². The van der Waals surface area contributed by atoms with Crippen molar-refractivity contribution >= 4 is 16.1 Å². The predicted octanol–water partition coefficient (Wildman–Crippen LogP) is 5.52. The first-order chi connectivity index (χ1) is 19.5. The van der Waals surface area contributed by atoms with E-state index in [0.29, 0.717) is 30.5 Å². The third-order valence-electron chi connectivity index (χ3n) is 7.52. The minimum atomic E-state index is -4.68. The fourth-order valence-electron chi connectivity index (χ4n) is 5.44. The molecule has 41 heavy (non-hydrogen) atoms. The van der Waals surface area contributed by atoms with E-state index < -0.39 is 32.1 Å². The molecular formula is C29H24F4N4O3S. The van der Waals surface area contributed by atoms with E-state index in [9.17, 15) is 26.0 Å². The summed E-state index contributed by atoms with van der Waals surface area (Å²) in [5.74, 6) is 0.0000513. The van der Waals surface area contributed by atoms with Gasteiger partial charge in [0.05, 0.1) is 28.0 Å². The summed E-state index contributed by atoms with van der Waals surface area (Å²) >= 11 is 0. The fraction of sp³-hybridized carbons (Fsp3) is 0.241. The monoisotopic (exact) mass is 584 g/mol. The van der Waals surface area contributed by atoms with Gasteiger partial charge in [-0.15, -0.1) is 0 Å². The summed E-state index contributed by atoms with van der Waals surface area (Å²) in [5, 5.41) is 4.51. The molecule has 212 valence electrons. The van der Waals surface area contributed by atoms with Crippen molar-refractivity contribution in [1.29, 1.82) is 0 Å². The van der Waals surface area contributed by atoms with Crippen molar-refractivity contribution in [3.63, 3.8) is 0 Å². The molecule has 1 unspecified atom stereocenters. The Morgan fingerprint density at radius 3 is 2.56 bits per heavy atom. The number of ether oxygens (including phenoxy) is 1. The lowest BCUT2D eigenvalue weighted by Crippen LogP contribution is -2.52. The number of alkyl halides is 3. The highest BCUT2D eigenvalue weighted by Gasteiger charge is 2.47. The molecule has 2 aromatic heterocycles. The Bertz CT molecular complexity index is 1720. The summed E-state index contributed by atoms with van der Waals surface area (Å²) in [6.07, 6.45) is 1.26. The van der Waals surface area contributed by atoms with Crippen molar-refractivity contribution in [3.05, 3.63) is 107 Å². The molecule has 0 saturated carbocycles. The number of nitrogens with zero attached hydrogens (tertiary/aromatic N) is 4. The van der Waals surface area contributed by atoms with Crippen LogP contribution in [0.25, 0.3) is 11.8 Å². The Labute approximate surface area is 233 Å². The van der Waals surface area contributed by atoms with Crippen molar-refractivity contribution in [2.24, 2.45) is 5.41 Å². The minimum absolute atomic E-state index is 0.00852. The number of rotatable bonds is 6. The summed E-state index contributed by atoms with van der Waals surface area (Å²) in [6, 6.07) is 15.0. The van der Waals surface area contributed by atoms with Gasteiger partial charge in [-0.25, -0.2) is 22.5 Å². The third-order valence-corrected chi connectivity index (χ3v) is 9.36. The molecule has 7 nitrogen and oxygen atoms in total. The Morgan fingerprint density at radius 1 is 1.02 bits per heavy atom. The zero-order valence-electron chi connectivity index (χ0n) is 21.6. The van der Waals surface area contributed by atoms with Crippen LogP contribution < -0.4 is 4.74 Å². The van der Waals surface area contributed by atoms with Gasteiger partial charge in [0.15, 0.2) is 0 Å². The van der Waals surface area contributed by atoms with Crippen LogP contribution in [0.15, 0.2) is 89.6 Å². The molecule has 1 atom stereocenters. The SMILES string of the molecule is O=S(=O)(c1cccc(C(F)(F)F)c1)N1CCC2=Cc3c(cnn3-c3ccc(F)cc3)CC2(COc2ccccn2)C1. The Morgan fingerprint density at radius 2 is 1.83 bits per heavy atom. The smallest absolute Gasteiger partial charge is 0.416 e. The van der Waals surface area contributed by atoms with E-state index in [1.54, 1.807) is 47.4 Å². The number of piperidine rings is 1. The maximum atomic E-state index is 13.7. The topological polar surface area (TPSA) is 77.3 Å². The summed E-state index contributed by atoms with van der Waals surface area (Å²) in [5.41, 5.74) is 1.38. The first-order valence-corrected chi connectivity index (χ1v) is 14.2. The number of sulfonamides is 1. The number of halogens is 4. The average molecular weight is 585 g/mol. The van der Waals surface area contributed by atoms with E-state index in [-0.39, 0.29) is 25.5 Å². The second kappa shape index (κ2) is 10.1. The number of pyridine rings is 1. The van der Waals surface area contributed by atoms with Crippen LogP contribution in [-0.2, 0) is 22.6 Å². The maximum Gasteiger partial charge on any atom is 0.416 e. The van der Waals surface area contributed by atoms with Crippen LogP contribution in [-0.4, -0.2) is 47.2 Å². The standard InChI is InChI=1S/C29H24F4N4O3S/c30-23-7-9-24(10-8-23)37-26-15-21-11-13-36(41(38,39)25-5-3-4-22(14-25)29(31,32)33)18-28(21,16-20(26)17-35-37)19-40-27-6-1-2-12-34-27/h1-10,12,14-15,17H,11,13,16,18-19H2. The number of fused-ring (bicyclic) bond motifs is 2.